The first kappa shape index (κ1) is 33.8. The van der Waals surface area contributed by atoms with Crippen LogP contribution in [0.15, 0.2) is 183 Å². The van der Waals surface area contributed by atoms with Crippen molar-refractivity contribution in [2.24, 2.45) is 0 Å². The van der Waals surface area contributed by atoms with Crippen molar-refractivity contribution in [3.8, 4) is 40.6 Å². The summed E-state index contributed by atoms with van der Waals surface area (Å²) in [5.41, 5.74) is 7.00. The summed E-state index contributed by atoms with van der Waals surface area (Å²) in [7, 11) is 0. The third-order valence-corrected chi connectivity index (χ3v) is 11.2. The highest BCUT2D eigenvalue weighted by molar-refractivity contribution is 6.11. The number of hydrogen-bond acceptors (Lipinski definition) is 6. The van der Waals surface area contributed by atoms with Crippen LogP contribution in [-0.4, -0.2) is 33.6 Å². The van der Waals surface area contributed by atoms with Crippen molar-refractivity contribution in [2.45, 2.75) is 6.92 Å². The lowest BCUT2D eigenvalue weighted by molar-refractivity contribution is 0.484. The van der Waals surface area contributed by atoms with Gasteiger partial charge in [0.25, 0.3) is 0 Å². The molecule has 0 aliphatic rings. The summed E-state index contributed by atoms with van der Waals surface area (Å²) in [6.07, 6.45) is 7.32. The van der Waals surface area contributed by atoms with Crippen molar-refractivity contribution < 1.29 is 9.47 Å². The van der Waals surface area contributed by atoms with Gasteiger partial charge in [-0.25, -0.2) is 19.9 Å². The third-order valence-electron chi connectivity index (χ3n) is 11.2. The van der Waals surface area contributed by atoms with Crippen LogP contribution in [-0.2, 0) is 0 Å². The summed E-state index contributed by atoms with van der Waals surface area (Å²) in [4.78, 5) is 19.0. The van der Waals surface area contributed by atoms with Gasteiger partial charge in [0.2, 0.25) is 5.95 Å². The predicted octanol–water partition coefficient (Wildman–Crippen LogP) is 12.5. The molecule has 0 N–H and O–H groups in total. The van der Waals surface area contributed by atoms with Crippen LogP contribution in [0.3, 0.4) is 0 Å². The number of aromatic nitrogens is 7. The first-order valence-corrected chi connectivity index (χ1v) is 19.8. The van der Waals surface area contributed by atoms with Crippen LogP contribution in [0.1, 0.15) is 5.56 Å². The topological polar surface area (TPSA) is 84.8 Å². The number of pyridine rings is 2. The average molecular weight is 776 g/mol. The van der Waals surface area contributed by atoms with E-state index in [1.165, 1.54) is 0 Å². The molecule has 0 aliphatic carbocycles. The molecule has 0 bridgehead atoms. The molecule has 60 heavy (non-hydrogen) atoms. The molecule has 6 heterocycles. The van der Waals surface area contributed by atoms with E-state index >= 15 is 0 Å². The lowest BCUT2D eigenvalue weighted by Gasteiger charge is -2.11. The fourth-order valence-corrected chi connectivity index (χ4v) is 8.59. The van der Waals surface area contributed by atoms with E-state index in [0.717, 1.165) is 82.6 Å². The maximum absolute atomic E-state index is 6.67. The quantitative estimate of drug-likeness (QED) is 0.160. The Morgan fingerprint density at radius 3 is 1.12 bits per heavy atom. The summed E-state index contributed by atoms with van der Waals surface area (Å²) in [6, 6.07) is 53.6. The number of fused-ring (bicyclic) bond motifs is 9. The molecule has 0 saturated carbocycles. The summed E-state index contributed by atoms with van der Waals surface area (Å²) in [5.74, 6) is 5.05. The molecule has 0 aliphatic heterocycles. The molecule has 12 rings (SSSR count). The highest BCUT2D eigenvalue weighted by Crippen LogP contribution is 2.40. The highest BCUT2D eigenvalue weighted by Gasteiger charge is 2.19. The lowest BCUT2D eigenvalue weighted by atomic mass is 10.1. The molecule has 9 heteroatoms. The maximum atomic E-state index is 6.67. The molecule has 12 aromatic rings. The Labute approximate surface area is 343 Å². The molecule has 6 aromatic heterocycles. The number of aryl methyl sites for hydroxylation is 1. The molecule has 9 nitrogen and oxygen atoms in total. The van der Waals surface area contributed by atoms with E-state index in [-0.39, 0.29) is 0 Å². The van der Waals surface area contributed by atoms with E-state index in [1.807, 2.05) is 92.4 Å². The van der Waals surface area contributed by atoms with Gasteiger partial charge in [-0.05, 0) is 97.4 Å². The predicted molar refractivity (Wildman–Crippen MR) is 238 cm³/mol. The Bertz CT molecular complexity index is 3390. The van der Waals surface area contributed by atoms with E-state index in [4.69, 9.17) is 29.4 Å². The van der Waals surface area contributed by atoms with Crippen LogP contribution in [0.4, 0.5) is 0 Å². The van der Waals surface area contributed by atoms with Crippen LogP contribution in [0.2, 0.25) is 0 Å². The summed E-state index contributed by atoms with van der Waals surface area (Å²) in [6.45, 7) is 1.99. The van der Waals surface area contributed by atoms with Gasteiger partial charge in [0.1, 0.15) is 34.6 Å². The molecule has 6 aromatic carbocycles. The second kappa shape index (κ2) is 13.4. The standard InChI is InChI=1S/C51H33N7O2/c1-32-30-54-51(55-31-32)58-47-28-35(59-33-16-20-39-37-10-2-4-12-43(37)56(45(39)26-33)49-14-6-8-24-52-49)18-22-41(47)42-23-19-36(29-48(42)58)60-34-17-21-40-38-11-3-5-13-44(38)57(46(40)27-34)50-15-7-9-25-53-50/h2-31H,1H3. The molecule has 0 saturated heterocycles. The fourth-order valence-electron chi connectivity index (χ4n) is 8.59. The summed E-state index contributed by atoms with van der Waals surface area (Å²) in [5, 5.41) is 6.66. The maximum Gasteiger partial charge on any atom is 0.234 e. The largest absolute Gasteiger partial charge is 0.457 e. The van der Waals surface area contributed by atoms with Crippen molar-refractivity contribution >= 4 is 65.4 Å². The Morgan fingerprint density at radius 1 is 0.350 bits per heavy atom. The zero-order valence-corrected chi connectivity index (χ0v) is 32.3. The molecule has 0 atom stereocenters. The smallest absolute Gasteiger partial charge is 0.234 e. The van der Waals surface area contributed by atoms with E-state index in [2.05, 4.69) is 111 Å². The van der Waals surface area contributed by atoms with Gasteiger partial charge in [-0.15, -0.1) is 0 Å². The van der Waals surface area contributed by atoms with Gasteiger partial charge in [0.15, 0.2) is 0 Å². The molecule has 0 spiro atoms. The van der Waals surface area contributed by atoms with Gasteiger partial charge in [0.05, 0.1) is 33.1 Å². The zero-order valence-electron chi connectivity index (χ0n) is 32.3. The molecule has 0 fully saturated rings. The molecule has 284 valence electrons. The Hall–Kier alpha value is -8.30. The molecular weight excluding hydrogens is 743 g/mol. The average Bonchev–Trinajstić information content (AvgIpc) is 3.92. The van der Waals surface area contributed by atoms with Gasteiger partial charge in [-0.1, -0.05) is 48.5 Å². The normalized spacial score (nSPS) is 11.8. The minimum absolute atomic E-state index is 0.553. The minimum atomic E-state index is 0.553. The van der Waals surface area contributed by atoms with Gasteiger partial charge in [-0.2, -0.15) is 0 Å². The van der Waals surface area contributed by atoms with Gasteiger partial charge < -0.3 is 9.47 Å². The van der Waals surface area contributed by atoms with Crippen molar-refractivity contribution in [3.05, 3.63) is 188 Å². The van der Waals surface area contributed by atoms with Crippen LogP contribution in [0.25, 0.3) is 83.0 Å². The number of nitrogens with zero attached hydrogens (tertiary/aromatic N) is 7. The van der Waals surface area contributed by atoms with Gasteiger partial charge in [-0.3, -0.25) is 13.7 Å². The van der Waals surface area contributed by atoms with Crippen molar-refractivity contribution in [1.29, 1.82) is 0 Å². The van der Waals surface area contributed by atoms with Crippen molar-refractivity contribution in [2.75, 3.05) is 0 Å². The number of hydrogen-bond donors (Lipinski definition) is 0. The number of benzene rings is 6. The second-order valence-corrected chi connectivity index (χ2v) is 14.9. The Morgan fingerprint density at radius 2 is 0.717 bits per heavy atom. The first-order chi connectivity index (χ1) is 29.6. The van der Waals surface area contributed by atoms with Gasteiger partial charge in [0, 0.05) is 81.4 Å². The number of ether oxygens (including phenoxy) is 2. The minimum Gasteiger partial charge on any atom is -0.457 e. The Balaban J connectivity index is 0.961. The number of rotatable bonds is 7. The number of para-hydroxylation sites is 2. The molecule has 0 radical (unpaired) electrons. The van der Waals surface area contributed by atoms with Crippen molar-refractivity contribution in [3.63, 3.8) is 0 Å². The van der Waals surface area contributed by atoms with Crippen LogP contribution in [0, 0.1) is 6.92 Å². The lowest BCUT2D eigenvalue weighted by Crippen LogP contribution is -2.01. The molecule has 0 amide bonds. The summed E-state index contributed by atoms with van der Waals surface area (Å²) >= 11 is 0. The van der Waals surface area contributed by atoms with Gasteiger partial charge >= 0.3 is 0 Å². The fraction of sp³-hybridized carbons (Fsp3) is 0.0196. The SMILES string of the molecule is Cc1cnc(-n2c3cc(Oc4ccc5c6ccccc6n(-c6ccccn6)c5c4)ccc3c3ccc(Oc4ccc5c6ccccc6n(-c6ccccn6)c5c4)cc32)nc1. The van der Waals surface area contributed by atoms with E-state index < -0.39 is 0 Å². The Kier molecular flexibility index (Phi) is 7.55. The van der Waals surface area contributed by atoms with Crippen LogP contribution in [0.5, 0.6) is 23.0 Å². The summed E-state index contributed by atoms with van der Waals surface area (Å²) < 4.78 is 19.8. The van der Waals surface area contributed by atoms with Crippen LogP contribution < -0.4 is 9.47 Å². The third kappa shape index (κ3) is 5.40. The van der Waals surface area contributed by atoms with E-state index in [1.54, 1.807) is 0 Å². The van der Waals surface area contributed by atoms with E-state index in [9.17, 15) is 0 Å². The van der Waals surface area contributed by atoms with Crippen molar-refractivity contribution in [1.82, 2.24) is 33.6 Å². The monoisotopic (exact) mass is 775 g/mol. The molecular formula is C51H33N7O2. The second-order valence-electron chi connectivity index (χ2n) is 14.9. The van der Waals surface area contributed by atoms with E-state index in [0.29, 0.717) is 28.9 Å². The highest BCUT2D eigenvalue weighted by atomic mass is 16.5. The van der Waals surface area contributed by atoms with Crippen LogP contribution >= 0.6 is 0 Å². The zero-order chi connectivity index (χ0) is 39.7. The molecule has 0 unspecified atom stereocenters. The first-order valence-electron chi connectivity index (χ1n) is 19.8.